The van der Waals surface area contributed by atoms with E-state index < -0.39 is 11.7 Å². The average Bonchev–Trinajstić information content (AvgIpc) is 2.87. The maximum Gasteiger partial charge on any atom is 0.303 e. The monoisotopic (exact) mass is 404 g/mol. The van der Waals surface area contributed by atoms with E-state index in [0.717, 1.165) is 37.8 Å². The Morgan fingerprint density at radius 3 is 2.55 bits per heavy atom. The Bertz CT molecular complexity index is 649. The number of hydrogen-bond donors (Lipinski definition) is 2. The molecule has 8 atom stereocenters. The van der Waals surface area contributed by atoms with Gasteiger partial charge in [-0.25, -0.2) is 0 Å². The van der Waals surface area contributed by atoms with E-state index in [1.54, 1.807) is 0 Å². The molecule has 1 saturated carbocycles. The number of esters is 1. The minimum atomic E-state index is -0.923. The summed E-state index contributed by atoms with van der Waals surface area (Å²) < 4.78 is 5.47. The minimum absolute atomic E-state index is 0.0705. The van der Waals surface area contributed by atoms with Gasteiger partial charge in [0.05, 0.1) is 11.7 Å². The molecule has 29 heavy (non-hydrogen) atoms. The van der Waals surface area contributed by atoms with Crippen molar-refractivity contribution in [2.24, 2.45) is 23.7 Å². The number of nitrogens with zero attached hydrogens (tertiary/aromatic N) is 1. The number of aliphatic hydroxyl groups is 2. The molecule has 2 saturated heterocycles. The predicted molar refractivity (Wildman–Crippen MR) is 112 cm³/mol. The summed E-state index contributed by atoms with van der Waals surface area (Å²) in [6, 6.07) is 1.05. The van der Waals surface area contributed by atoms with Gasteiger partial charge in [0.2, 0.25) is 0 Å². The standard InChI is InChI=1S/C24H38NO4/c1-14-9-22-21(8-5-16(3)24(22,28)12-23(14)29-17(4)26)15(2)13-25-18-6-7-19(25)11-20(27)10-18/h9,12,15-16,18-23,27-28H,5-8,10-11,13H2,1-4H3/t15?,16-,18?,19?,20?,21+,22-,23-,24-/m1/s1. The van der Waals surface area contributed by atoms with Crippen LogP contribution in [0.4, 0.5) is 0 Å². The van der Waals surface area contributed by atoms with Gasteiger partial charge in [0.15, 0.2) is 0 Å². The molecule has 5 nitrogen and oxygen atoms in total. The highest BCUT2D eigenvalue weighted by atomic mass is 16.5. The molecule has 2 heterocycles. The van der Waals surface area contributed by atoms with Gasteiger partial charge in [-0.1, -0.05) is 19.9 Å². The van der Waals surface area contributed by atoms with Gasteiger partial charge >= 0.3 is 5.97 Å². The van der Waals surface area contributed by atoms with Crippen LogP contribution >= 0.6 is 0 Å². The van der Waals surface area contributed by atoms with E-state index in [4.69, 9.17) is 4.74 Å². The fourth-order valence-electron chi connectivity index (χ4n) is 6.76. The second kappa shape index (κ2) is 7.97. The van der Waals surface area contributed by atoms with E-state index in [2.05, 4.69) is 24.8 Å². The summed E-state index contributed by atoms with van der Waals surface area (Å²) in [5, 5.41) is 21.8. The highest BCUT2D eigenvalue weighted by Crippen LogP contribution is 2.51. The van der Waals surface area contributed by atoms with E-state index in [1.807, 2.05) is 13.3 Å². The summed E-state index contributed by atoms with van der Waals surface area (Å²) in [7, 11) is 0. The summed E-state index contributed by atoms with van der Waals surface area (Å²) in [5.74, 6) is 0.796. The fourth-order valence-corrected chi connectivity index (χ4v) is 6.76. The molecule has 3 unspecified atom stereocenters. The molecule has 2 aliphatic carbocycles. The molecular weight excluding hydrogens is 366 g/mol. The zero-order valence-corrected chi connectivity index (χ0v) is 18.4. The Hall–Kier alpha value is -0.910. The van der Waals surface area contributed by atoms with Crippen molar-refractivity contribution < 1.29 is 19.7 Å². The Morgan fingerprint density at radius 1 is 1.28 bits per heavy atom. The highest BCUT2D eigenvalue weighted by Gasteiger charge is 2.53. The second-order valence-electron chi connectivity index (χ2n) is 10.3. The lowest BCUT2D eigenvalue weighted by Crippen LogP contribution is -2.57. The van der Waals surface area contributed by atoms with Crippen LogP contribution in [0.3, 0.4) is 0 Å². The van der Waals surface area contributed by atoms with Gasteiger partial charge in [0.25, 0.3) is 0 Å². The first-order valence-corrected chi connectivity index (χ1v) is 11.6. The van der Waals surface area contributed by atoms with Crippen LogP contribution < -0.4 is 0 Å². The van der Waals surface area contributed by atoms with Gasteiger partial charge in [-0.3, -0.25) is 9.69 Å². The molecule has 3 fully saturated rings. The topological polar surface area (TPSA) is 70.0 Å². The van der Waals surface area contributed by atoms with Gasteiger partial charge in [-0.15, -0.1) is 0 Å². The molecule has 0 aromatic heterocycles. The van der Waals surface area contributed by atoms with Crippen LogP contribution in [-0.4, -0.2) is 57.5 Å². The number of fused-ring (bicyclic) bond motifs is 3. The lowest BCUT2D eigenvalue weighted by atomic mass is 9.57. The van der Waals surface area contributed by atoms with Crippen LogP contribution in [0.1, 0.15) is 66.2 Å². The van der Waals surface area contributed by atoms with Crippen molar-refractivity contribution in [1.82, 2.24) is 4.90 Å². The molecule has 2 bridgehead atoms. The van der Waals surface area contributed by atoms with Crippen molar-refractivity contribution in [3.05, 3.63) is 18.1 Å². The van der Waals surface area contributed by atoms with Gasteiger partial charge in [-0.05, 0) is 68.8 Å². The van der Waals surface area contributed by atoms with E-state index >= 15 is 0 Å². The molecule has 5 heteroatoms. The average molecular weight is 405 g/mol. The summed E-state index contributed by atoms with van der Waals surface area (Å²) in [6.07, 6.45) is 9.89. The summed E-state index contributed by atoms with van der Waals surface area (Å²) >= 11 is 0. The second-order valence-corrected chi connectivity index (χ2v) is 10.3. The molecular formula is C24H38NO4. The van der Waals surface area contributed by atoms with Gasteiger partial charge < -0.3 is 14.9 Å². The van der Waals surface area contributed by atoms with E-state index in [9.17, 15) is 15.0 Å². The molecule has 163 valence electrons. The molecule has 0 spiro atoms. The Morgan fingerprint density at radius 2 is 1.93 bits per heavy atom. The van der Waals surface area contributed by atoms with Crippen molar-refractivity contribution in [3.63, 3.8) is 0 Å². The third-order valence-electron chi connectivity index (χ3n) is 8.41. The smallest absolute Gasteiger partial charge is 0.303 e. The summed E-state index contributed by atoms with van der Waals surface area (Å²) in [6.45, 7) is 8.95. The largest absolute Gasteiger partial charge is 0.458 e. The van der Waals surface area contributed by atoms with Crippen LogP contribution in [0.15, 0.2) is 11.6 Å². The summed E-state index contributed by atoms with van der Waals surface area (Å²) in [5.41, 5.74) is 0.107. The number of rotatable bonds is 4. The quantitative estimate of drug-likeness (QED) is 0.557. The third-order valence-corrected chi connectivity index (χ3v) is 8.41. The third kappa shape index (κ3) is 3.90. The molecule has 0 amide bonds. The Labute approximate surface area is 175 Å². The van der Waals surface area contributed by atoms with Gasteiger partial charge in [0, 0.05) is 37.9 Å². The zero-order valence-electron chi connectivity index (χ0n) is 18.4. The van der Waals surface area contributed by atoms with Crippen molar-refractivity contribution in [1.29, 1.82) is 0 Å². The number of carbonyl (C=O) groups excluding carboxylic acids is 1. The number of aliphatic hydroxyl groups excluding tert-OH is 1. The lowest BCUT2D eigenvalue weighted by Gasteiger charge is -2.53. The molecule has 0 aromatic carbocycles. The molecule has 4 rings (SSSR count). The van der Waals surface area contributed by atoms with Crippen LogP contribution in [-0.2, 0) is 9.53 Å². The number of piperidine rings is 1. The zero-order chi connectivity index (χ0) is 20.9. The molecule has 4 aliphatic rings. The van der Waals surface area contributed by atoms with E-state index in [0.29, 0.717) is 23.9 Å². The molecule has 1 radical (unpaired) electrons. The molecule has 2 N–H and O–H groups in total. The highest BCUT2D eigenvalue weighted by molar-refractivity contribution is 5.66. The predicted octanol–water partition coefficient (Wildman–Crippen LogP) is 3.10. The molecule has 0 aromatic rings. The van der Waals surface area contributed by atoms with Crippen molar-refractivity contribution in [2.75, 3.05) is 6.54 Å². The first kappa shape index (κ1) is 21.3. The normalized spacial score (nSPS) is 46.0. The van der Waals surface area contributed by atoms with Crippen molar-refractivity contribution in [3.8, 4) is 0 Å². The first-order valence-electron chi connectivity index (χ1n) is 11.6. The van der Waals surface area contributed by atoms with Crippen molar-refractivity contribution >= 4 is 5.97 Å². The lowest BCUT2D eigenvalue weighted by molar-refractivity contribution is -0.148. The van der Waals surface area contributed by atoms with E-state index in [1.165, 1.54) is 19.8 Å². The Kier molecular flexibility index (Phi) is 5.86. The van der Waals surface area contributed by atoms with Gasteiger partial charge in [-0.2, -0.15) is 0 Å². The van der Waals surface area contributed by atoms with Crippen LogP contribution in [0.5, 0.6) is 0 Å². The van der Waals surface area contributed by atoms with Crippen LogP contribution in [0, 0.1) is 30.1 Å². The van der Waals surface area contributed by atoms with Crippen molar-refractivity contribution in [2.45, 2.75) is 96.1 Å². The number of hydrogen-bond acceptors (Lipinski definition) is 5. The maximum absolute atomic E-state index is 11.7. The number of ether oxygens (including phenoxy) is 1. The number of carbonyl (C=O) groups is 1. The fraction of sp³-hybridized carbons (Fsp3) is 0.833. The van der Waals surface area contributed by atoms with Crippen LogP contribution in [0.25, 0.3) is 0 Å². The van der Waals surface area contributed by atoms with E-state index in [-0.39, 0.29) is 23.9 Å². The first-order chi connectivity index (χ1) is 13.7. The summed E-state index contributed by atoms with van der Waals surface area (Å²) in [4.78, 5) is 14.2. The minimum Gasteiger partial charge on any atom is -0.458 e. The van der Waals surface area contributed by atoms with Crippen LogP contribution in [0.2, 0.25) is 0 Å². The molecule has 2 aliphatic heterocycles. The maximum atomic E-state index is 11.7. The SMILES string of the molecule is CC(=O)O[C@@H]1[CH][C@@]2(O)[C@H](C)CC[C@@H](C(C)CN3C4CCC3CC(O)C4)[C@H]2C=C1C. The van der Waals surface area contributed by atoms with Gasteiger partial charge in [0.1, 0.15) is 6.10 Å². The Balaban J connectivity index is 1.52.